The van der Waals surface area contributed by atoms with Crippen molar-refractivity contribution in [3.8, 4) is 0 Å². The minimum atomic E-state index is 0.00102. The van der Waals surface area contributed by atoms with Crippen LogP contribution in [0.5, 0.6) is 0 Å². The highest BCUT2D eigenvalue weighted by Crippen LogP contribution is 2.24. The Morgan fingerprint density at radius 1 is 1.44 bits per heavy atom. The fourth-order valence-electron chi connectivity index (χ4n) is 1.14. The Bertz CT molecular complexity index is 481. The van der Waals surface area contributed by atoms with Gasteiger partial charge < -0.3 is 5.73 Å². The first-order chi connectivity index (χ1) is 7.75. The van der Waals surface area contributed by atoms with Gasteiger partial charge in [-0.3, -0.25) is 10.4 Å². The Morgan fingerprint density at radius 3 is 3.00 bits per heavy atom. The van der Waals surface area contributed by atoms with E-state index in [2.05, 4.69) is 9.97 Å². The monoisotopic (exact) mass is 250 g/mol. The Morgan fingerprint density at radius 2 is 2.31 bits per heavy atom. The van der Waals surface area contributed by atoms with Gasteiger partial charge >= 0.3 is 0 Å². The SMILES string of the molecule is N=C(N)c1cc(CSc2nccs2)ccn1. The second-order valence-corrected chi connectivity index (χ2v) is 5.17. The van der Waals surface area contributed by atoms with Crippen LogP contribution < -0.4 is 5.73 Å². The number of nitrogens with one attached hydrogen (secondary N) is 1. The molecule has 0 fully saturated rings. The van der Waals surface area contributed by atoms with Crippen LogP contribution in [-0.4, -0.2) is 15.8 Å². The quantitative estimate of drug-likeness (QED) is 0.495. The van der Waals surface area contributed by atoms with Crippen LogP contribution in [0.4, 0.5) is 0 Å². The Kier molecular flexibility index (Phi) is 3.53. The largest absolute Gasteiger partial charge is 0.382 e. The summed E-state index contributed by atoms with van der Waals surface area (Å²) in [7, 11) is 0. The normalized spacial score (nSPS) is 10.2. The first-order valence-electron chi connectivity index (χ1n) is 4.57. The molecule has 0 aliphatic heterocycles. The minimum Gasteiger partial charge on any atom is -0.382 e. The number of nitrogen functional groups attached to an aromatic ring is 1. The van der Waals surface area contributed by atoms with E-state index >= 15 is 0 Å². The number of aromatic nitrogens is 2. The van der Waals surface area contributed by atoms with E-state index in [-0.39, 0.29) is 5.84 Å². The van der Waals surface area contributed by atoms with Crippen LogP contribution in [-0.2, 0) is 5.75 Å². The molecular formula is C10H10N4S2. The molecule has 2 aromatic rings. The smallest absolute Gasteiger partial charge is 0.150 e. The fraction of sp³-hybridized carbons (Fsp3) is 0.100. The summed E-state index contributed by atoms with van der Waals surface area (Å²) in [5.74, 6) is 0.817. The Labute approximate surface area is 101 Å². The number of amidine groups is 1. The third-order valence-electron chi connectivity index (χ3n) is 1.87. The molecule has 0 atom stereocenters. The number of nitrogens with zero attached hydrogens (tertiary/aromatic N) is 2. The van der Waals surface area contributed by atoms with Crippen molar-refractivity contribution < 1.29 is 0 Å². The van der Waals surface area contributed by atoms with Gasteiger partial charge in [0.2, 0.25) is 0 Å². The van der Waals surface area contributed by atoms with Crippen LogP contribution in [0.3, 0.4) is 0 Å². The van der Waals surface area contributed by atoms with Gasteiger partial charge in [0.25, 0.3) is 0 Å². The van der Waals surface area contributed by atoms with Crippen LogP contribution in [0.25, 0.3) is 0 Å². The maximum absolute atomic E-state index is 7.30. The first kappa shape index (κ1) is 11.1. The van der Waals surface area contributed by atoms with Gasteiger partial charge in [0.05, 0.1) is 0 Å². The van der Waals surface area contributed by atoms with Crippen LogP contribution in [0.1, 0.15) is 11.3 Å². The molecule has 2 aromatic heterocycles. The number of thioether (sulfide) groups is 1. The molecule has 6 heteroatoms. The van der Waals surface area contributed by atoms with Crippen LogP contribution in [0.2, 0.25) is 0 Å². The number of nitrogens with two attached hydrogens (primary N) is 1. The average molecular weight is 250 g/mol. The van der Waals surface area contributed by atoms with E-state index in [1.807, 2.05) is 17.5 Å². The standard InChI is InChI=1S/C10H10N4S2/c11-9(12)8-5-7(1-2-13-8)6-16-10-14-3-4-15-10/h1-5H,6H2,(H3,11,12). The number of hydrogen-bond donors (Lipinski definition) is 2. The number of rotatable bonds is 4. The lowest BCUT2D eigenvalue weighted by Gasteiger charge is -2.01. The minimum absolute atomic E-state index is 0.00102. The predicted molar refractivity (Wildman–Crippen MR) is 66.9 cm³/mol. The topological polar surface area (TPSA) is 75.7 Å². The maximum Gasteiger partial charge on any atom is 0.150 e. The zero-order valence-electron chi connectivity index (χ0n) is 8.38. The lowest BCUT2D eigenvalue weighted by Crippen LogP contribution is -2.13. The van der Waals surface area contributed by atoms with Crippen molar-refractivity contribution in [1.82, 2.24) is 9.97 Å². The molecular weight excluding hydrogens is 240 g/mol. The van der Waals surface area contributed by atoms with Crippen molar-refractivity contribution in [1.29, 1.82) is 5.41 Å². The van der Waals surface area contributed by atoms with Gasteiger partial charge in [-0.2, -0.15) is 0 Å². The maximum atomic E-state index is 7.30. The third-order valence-corrected chi connectivity index (χ3v) is 3.91. The van der Waals surface area contributed by atoms with E-state index < -0.39 is 0 Å². The molecule has 0 aliphatic rings. The van der Waals surface area contributed by atoms with Gasteiger partial charge in [-0.15, -0.1) is 11.3 Å². The highest BCUT2D eigenvalue weighted by Gasteiger charge is 2.02. The average Bonchev–Trinajstić information content (AvgIpc) is 2.79. The van der Waals surface area contributed by atoms with E-state index in [0.29, 0.717) is 5.69 Å². The molecule has 2 rings (SSSR count). The zero-order chi connectivity index (χ0) is 11.4. The highest BCUT2D eigenvalue weighted by molar-refractivity contribution is 8.00. The molecule has 4 nitrogen and oxygen atoms in total. The molecule has 0 radical (unpaired) electrons. The first-order valence-corrected chi connectivity index (χ1v) is 6.44. The van der Waals surface area contributed by atoms with Crippen molar-refractivity contribution in [2.45, 2.75) is 10.1 Å². The summed E-state index contributed by atoms with van der Waals surface area (Å²) >= 11 is 3.29. The molecule has 0 aliphatic carbocycles. The van der Waals surface area contributed by atoms with Crippen molar-refractivity contribution in [2.24, 2.45) is 5.73 Å². The molecule has 0 bridgehead atoms. The summed E-state index contributed by atoms with van der Waals surface area (Å²) in [5, 5.41) is 9.26. The lowest BCUT2D eigenvalue weighted by atomic mass is 10.2. The molecule has 82 valence electrons. The fourth-order valence-corrected chi connectivity index (χ4v) is 2.72. The predicted octanol–water partition coefficient (Wildman–Crippen LogP) is 2.11. The molecule has 0 saturated carbocycles. The van der Waals surface area contributed by atoms with Gasteiger partial charge in [0, 0.05) is 23.5 Å². The third kappa shape index (κ3) is 2.80. The van der Waals surface area contributed by atoms with E-state index in [4.69, 9.17) is 11.1 Å². The molecule has 2 heterocycles. The summed E-state index contributed by atoms with van der Waals surface area (Å²) in [6, 6.07) is 3.76. The summed E-state index contributed by atoms with van der Waals surface area (Å²) in [6.07, 6.45) is 3.47. The molecule has 3 N–H and O–H groups in total. The van der Waals surface area contributed by atoms with Gasteiger partial charge in [0.1, 0.15) is 15.9 Å². The van der Waals surface area contributed by atoms with E-state index in [1.54, 1.807) is 35.5 Å². The van der Waals surface area contributed by atoms with E-state index in [1.165, 1.54) is 0 Å². The summed E-state index contributed by atoms with van der Waals surface area (Å²) < 4.78 is 1.04. The molecule has 0 saturated heterocycles. The van der Waals surface area contributed by atoms with Crippen LogP contribution in [0.15, 0.2) is 34.2 Å². The Balaban J connectivity index is 2.04. The van der Waals surface area contributed by atoms with Crippen molar-refractivity contribution in [3.05, 3.63) is 41.2 Å². The van der Waals surface area contributed by atoms with Crippen molar-refractivity contribution in [2.75, 3.05) is 0 Å². The number of pyridine rings is 1. The number of thiazole rings is 1. The lowest BCUT2D eigenvalue weighted by molar-refractivity contribution is 1.21. The van der Waals surface area contributed by atoms with Gasteiger partial charge in [0.15, 0.2) is 0 Å². The summed E-state index contributed by atoms with van der Waals surface area (Å²) in [4.78, 5) is 8.20. The highest BCUT2D eigenvalue weighted by atomic mass is 32.2. The molecule has 0 aromatic carbocycles. The molecule has 0 unspecified atom stereocenters. The molecule has 0 amide bonds. The zero-order valence-corrected chi connectivity index (χ0v) is 10.0. The van der Waals surface area contributed by atoms with Gasteiger partial charge in [-0.1, -0.05) is 11.8 Å². The van der Waals surface area contributed by atoms with Gasteiger partial charge in [-0.05, 0) is 17.7 Å². The second-order valence-electron chi connectivity index (χ2n) is 3.05. The second kappa shape index (κ2) is 5.09. The van der Waals surface area contributed by atoms with Crippen molar-refractivity contribution >= 4 is 28.9 Å². The van der Waals surface area contributed by atoms with Crippen LogP contribution in [0, 0.1) is 5.41 Å². The summed E-state index contributed by atoms with van der Waals surface area (Å²) in [6.45, 7) is 0. The summed E-state index contributed by atoms with van der Waals surface area (Å²) in [5.41, 5.74) is 7.00. The number of hydrogen-bond acceptors (Lipinski definition) is 5. The molecule has 0 spiro atoms. The van der Waals surface area contributed by atoms with Crippen molar-refractivity contribution in [3.63, 3.8) is 0 Å². The molecule has 16 heavy (non-hydrogen) atoms. The van der Waals surface area contributed by atoms with Gasteiger partial charge in [-0.25, -0.2) is 4.98 Å². The Hall–Kier alpha value is -1.40. The van der Waals surface area contributed by atoms with E-state index in [0.717, 1.165) is 15.7 Å². The van der Waals surface area contributed by atoms with Crippen LogP contribution >= 0.6 is 23.1 Å². The van der Waals surface area contributed by atoms with E-state index in [9.17, 15) is 0 Å².